The number of carbonyl (C=O) groups excluding carboxylic acids is 2. The molecular weight excluding hydrogens is 461 g/mol. The number of aliphatic hydroxyl groups is 2. The number of piperidine rings is 1. The number of likely N-dealkylation sites (tertiary alicyclic amines) is 1. The Kier molecular flexibility index (Phi) is 6.61. The Bertz CT molecular complexity index is 952. The van der Waals surface area contributed by atoms with Crippen LogP contribution in [0.1, 0.15) is 24.8 Å². The highest BCUT2D eigenvalue weighted by atomic mass is 32.2. The van der Waals surface area contributed by atoms with Crippen LogP contribution in [-0.2, 0) is 15.8 Å². The zero-order valence-electron chi connectivity index (χ0n) is 17.5. The fourth-order valence-electron chi connectivity index (χ4n) is 4.61. The van der Waals surface area contributed by atoms with Crippen LogP contribution in [0.4, 0.5) is 18.9 Å². The topological polar surface area (TPSA) is 128 Å². The van der Waals surface area contributed by atoms with Gasteiger partial charge in [0.2, 0.25) is 11.8 Å². The lowest BCUT2D eigenvalue weighted by Crippen LogP contribution is -2.55. The number of nitrogens with two attached hydrogens (primary N) is 1. The van der Waals surface area contributed by atoms with Crippen molar-refractivity contribution < 1.29 is 33.0 Å². The summed E-state index contributed by atoms with van der Waals surface area (Å²) in [5.41, 5.74) is 4.73. The third-order valence-corrected chi connectivity index (χ3v) is 7.76. The molecule has 0 bridgehead atoms. The van der Waals surface area contributed by atoms with Gasteiger partial charge in [0.1, 0.15) is 6.10 Å². The number of alkyl halides is 3. The molecule has 0 radical (unpaired) electrons. The maximum Gasteiger partial charge on any atom is 0.416 e. The normalized spacial score (nSPS) is 30.5. The molecule has 5 N–H and O–H groups in total. The molecule has 0 spiro atoms. The molecule has 0 aromatic heterocycles. The fraction of sp³-hybridized carbons (Fsp3) is 0.571. The number of anilines is 1. The minimum atomic E-state index is -4.49. The fourth-order valence-corrected chi connectivity index (χ4v) is 5.98. The summed E-state index contributed by atoms with van der Waals surface area (Å²) in [6, 6.07) is 3.90. The number of halogens is 3. The molecule has 2 fully saturated rings. The van der Waals surface area contributed by atoms with Crippen LogP contribution in [0.15, 0.2) is 29.3 Å². The molecule has 2 aliphatic heterocycles. The van der Waals surface area contributed by atoms with Crippen LogP contribution in [0.25, 0.3) is 0 Å². The third kappa shape index (κ3) is 4.97. The number of fused-ring (bicyclic) bond motifs is 1. The Labute approximate surface area is 192 Å². The second-order valence-corrected chi connectivity index (χ2v) is 9.78. The van der Waals surface area contributed by atoms with Gasteiger partial charge in [0.05, 0.1) is 23.6 Å². The van der Waals surface area contributed by atoms with Crippen molar-refractivity contribution in [1.29, 1.82) is 0 Å². The average Bonchev–Trinajstić information content (AvgIpc) is 3.19. The molecule has 33 heavy (non-hydrogen) atoms. The van der Waals surface area contributed by atoms with E-state index in [0.29, 0.717) is 25.9 Å². The predicted molar refractivity (Wildman–Crippen MR) is 116 cm³/mol. The van der Waals surface area contributed by atoms with E-state index in [1.807, 2.05) is 0 Å². The van der Waals surface area contributed by atoms with Crippen LogP contribution in [0.2, 0.25) is 0 Å². The van der Waals surface area contributed by atoms with Crippen molar-refractivity contribution in [2.75, 3.05) is 18.4 Å². The van der Waals surface area contributed by atoms with Crippen molar-refractivity contribution in [3.05, 3.63) is 29.8 Å². The lowest BCUT2D eigenvalue weighted by molar-refractivity contribution is -0.142. The minimum absolute atomic E-state index is 0.0519. The van der Waals surface area contributed by atoms with E-state index < -0.39 is 41.2 Å². The van der Waals surface area contributed by atoms with E-state index in [1.165, 1.54) is 23.9 Å². The number of benzene rings is 1. The zero-order chi connectivity index (χ0) is 23.9. The number of hydrogen-bond acceptors (Lipinski definition) is 7. The molecule has 12 heteroatoms. The number of amides is 2. The van der Waals surface area contributed by atoms with Crippen molar-refractivity contribution in [3.8, 4) is 0 Å². The van der Waals surface area contributed by atoms with Crippen molar-refractivity contribution >= 4 is 34.4 Å². The van der Waals surface area contributed by atoms with Gasteiger partial charge in [-0.3, -0.25) is 14.6 Å². The molecule has 1 aliphatic carbocycles. The highest BCUT2D eigenvalue weighted by molar-refractivity contribution is 8.15. The van der Waals surface area contributed by atoms with E-state index in [0.717, 1.165) is 12.1 Å². The van der Waals surface area contributed by atoms with E-state index in [9.17, 15) is 33.0 Å². The summed E-state index contributed by atoms with van der Waals surface area (Å²) in [6.45, 7) is 0.750. The minimum Gasteiger partial charge on any atom is -0.390 e. The molecular formula is C21H25F3N4O4S. The van der Waals surface area contributed by atoms with Crippen LogP contribution < -0.4 is 11.1 Å². The van der Waals surface area contributed by atoms with Crippen LogP contribution in [0.5, 0.6) is 0 Å². The first-order valence-corrected chi connectivity index (χ1v) is 11.6. The summed E-state index contributed by atoms with van der Waals surface area (Å²) in [5.74, 6) is -1.48. The van der Waals surface area contributed by atoms with Crippen molar-refractivity contribution in [2.45, 2.75) is 48.9 Å². The second-order valence-electron chi connectivity index (χ2n) is 8.61. The predicted octanol–water partition coefficient (Wildman–Crippen LogP) is 1.42. The Balaban J connectivity index is 1.47. The van der Waals surface area contributed by atoms with Gasteiger partial charge in [-0.15, -0.1) is 0 Å². The van der Waals surface area contributed by atoms with Crippen LogP contribution in [0.3, 0.4) is 0 Å². The molecule has 4 rings (SSSR count). The molecule has 1 saturated carbocycles. The second kappa shape index (κ2) is 9.15. The summed E-state index contributed by atoms with van der Waals surface area (Å²) in [4.78, 5) is 30.7. The number of carbonyl (C=O) groups is 2. The lowest BCUT2D eigenvalue weighted by atomic mass is 9.80. The number of hydrogen-bond donors (Lipinski definition) is 4. The van der Waals surface area contributed by atoms with Crippen LogP contribution in [-0.4, -0.2) is 68.7 Å². The molecule has 1 aromatic rings. The summed E-state index contributed by atoms with van der Waals surface area (Å²) in [6.07, 6.45) is -5.83. The maximum absolute atomic E-state index is 13.3. The number of nitrogens with one attached hydrogen (secondary N) is 1. The van der Waals surface area contributed by atoms with Crippen LogP contribution in [0, 0.1) is 11.8 Å². The van der Waals surface area contributed by atoms with Gasteiger partial charge in [-0.1, -0.05) is 17.8 Å². The molecule has 1 saturated heterocycles. The number of nitrogens with zero attached hydrogens (tertiary/aromatic N) is 2. The Hall–Kier alpha value is -2.31. The van der Waals surface area contributed by atoms with Crippen molar-refractivity contribution in [3.63, 3.8) is 0 Å². The average molecular weight is 487 g/mol. The SMILES string of the molecule is NC(=O)C1CCN(C(=O)[C@H]2C[C@@H](O)[C@H](O)[C@H]3N=C(Nc4cccc(C(F)(F)F)c4)S[C@@H]32)CC1. The first kappa shape index (κ1) is 23.8. The van der Waals surface area contributed by atoms with E-state index in [4.69, 9.17) is 5.73 Å². The van der Waals surface area contributed by atoms with E-state index in [-0.39, 0.29) is 35.0 Å². The number of thioether (sulfide) groups is 1. The largest absolute Gasteiger partial charge is 0.416 e. The van der Waals surface area contributed by atoms with Gasteiger partial charge < -0.3 is 26.2 Å². The third-order valence-electron chi connectivity index (χ3n) is 6.45. The Morgan fingerprint density at radius 2 is 1.91 bits per heavy atom. The first-order valence-electron chi connectivity index (χ1n) is 10.7. The quantitative estimate of drug-likeness (QED) is 0.512. The van der Waals surface area contributed by atoms with E-state index >= 15 is 0 Å². The number of amidine groups is 1. The highest BCUT2D eigenvalue weighted by Gasteiger charge is 2.51. The van der Waals surface area contributed by atoms with E-state index in [1.54, 1.807) is 4.90 Å². The summed E-state index contributed by atoms with van der Waals surface area (Å²) < 4.78 is 39.0. The molecule has 2 amide bonds. The van der Waals surface area contributed by atoms with Gasteiger partial charge in [-0.05, 0) is 37.5 Å². The number of rotatable bonds is 3. The molecule has 1 aromatic carbocycles. The molecule has 2 heterocycles. The number of primary amides is 1. The standard InChI is InChI=1S/C21H25F3N4O4S/c22-21(23,24)11-2-1-3-12(8-11)26-20-27-15-16(30)14(29)9-13(17(15)33-20)19(32)28-6-4-10(5-7-28)18(25)31/h1-3,8,10,13-17,29-30H,4-7,9H2,(H2,25,31)(H,26,27)/t13-,14+,15+,16-,17+/m0/s1. The van der Waals surface area contributed by atoms with Gasteiger partial charge >= 0.3 is 6.18 Å². The smallest absolute Gasteiger partial charge is 0.390 e. The van der Waals surface area contributed by atoms with Crippen molar-refractivity contribution in [2.24, 2.45) is 22.6 Å². The molecule has 0 unspecified atom stereocenters. The lowest BCUT2D eigenvalue weighted by Gasteiger charge is -2.40. The van der Waals surface area contributed by atoms with Gasteiger partial charge in [0.15, 0.2) is 5.17 Å². The Morgan fingerprint density at radius 1 is 1.21 bits per heavy atom. The summed E-state index contributed by atoms with van der Waals surface area (Å²) in [7, 11) is 0. The highest BCUT2D eigenvalue weighted by Crippen LogP contribution is 2.42. The van der Waals surface area contributed by atoms with Gasteiger partial charge in [0, 0.05) is 29.9 Å². The monoisotopic (exact) mass is 486 g/mol. The number of aliphatic imine (C=N–C) groups is 1. The molecule has 5 atom stereocenters. The summed E-state index contributed by atoms with van der Waals surface area (Å²) >= 11 is 1.18. The van der Waals surface area contributed by atoms with E-state index in [2.05, 4.69) is 10.3 Å². The first-order chi connectivity index (χ1) is 15.5. The maximum atomic E-state index is 13.3. The number of aliphatic hydroxyl groups excluding tert-OH is 2. The molecule has 8 nitrogen and oxygen atoms in total. The Morgan fingerprint density at radius 3 is 2.55 bits per heavy atom. The van der Waals surface area contributed by atoms with Crippen LogP contribution >= 0.6 is 11.8 Å². The summed E-state index contributed by atoms with van der Waals surface area (Å²) in [5, 5.41) is 23.5. The van der Waals surface area contributed by atoms with Gasteiger partial charge in [-0.25, -0.2) is 0 Å². The molecule has 180 valence electrons. The van der Waals surface area contributed by atoms with Gasteiger partial charge in [0.25, 0.3) is 0 Å². The van der Waals surface area contributed by atoms with Crippen molar-refractivity contribution in [1.82, 2.24) is 4.90 Å². The molecule has 3 aliphatic rings. The van der Waals surface area contributed by atoms with Gasteiger partial charge in [-0.2, -0.15) is 13.2 Å². The zero-order valence-corrected chi connectivity index (χ0v) is 18.4.